The molecular formula is C25H24N4O4S. The van der Waals surface area contributed by atoms with Gasteiger partial charge in [0.25, 0.3) is 5.91 Å². The van der Waals surface area contributed by atoms with Gasteiger partial charge in [-0.1, -0.05) is 30.0 Å². The number of carbonyl (C=O) groups excluding carboxylic acids is 3. The molecule has 0 atom stereocenters. The zero-order valence-corrected chi connectivity index (χ0v) is 20.3. The molecule has 2 N–H and O–H groups in total. The smallest absolute Gasteiger partial charge is 0.256 e. The Labute approximate surface area is 200 Å². The van der Waals surface area contributed by atoms with E-state index in [0.717, 1.165) is 17.3 Å². The molecule has 3 heterocycles. The number of H-pyrrole nitrogens is 1. The molecule has 0 aliphatic heterocycles. The molecule has 3 aromatic heterocycles. The molecule has 8 nitrogen and oxygen atoms in total. The number of hydrogen-bond donors (Lipinski definition) is 2. The average Bonchev–Trinajstić information content (AvgIpc) is 3.27. The SMILES string of the molecule is CC(=O)c1c(C)[nH]c(C(=O)CSc2nc(NC(=O)c3ccccc3)c3c(C)c(C)oc3n2)c1C. The van der Waals surface area contributed by atoms with Crippen LogP contribution in [0.1, 0.15) is 60.7 Å². The van der Waals surface area contributed by atoms with Crippen LogP contribution in [0, 0.1) is 27.7 Å². The average molecular weight is 477 g/mol. The van der Waals surface area contributed by atoms with Crippen LogP contribution in [0.2, 0.25) is 0 Å². The molecule has 0 aliphatic rings. The maximum Gasteiger partial charge on any atom is 0.256 e. The van der Waals surface area contributed by atoms with Crippen molar-refractivity contribution in [3.63, 3.8) is 0 Å². The van der Waals surface area contributed by atoms with Crippen molar-refractivity contribution in [3.05, 3.63) is 69.7 Å². The standard InChI is InChI=1S/C25H24N4O4S/c1-12-16(5)33-24-20(12)22(27-23(32)17-9-7-6-8-10-17)28-25(29-24)34-11-18(31)21-13(2)19(15(4)30)14(3)26-21/h6-10,26H,11H2,1-5H3,(H,27,28,29,32). The van der Waals surface area contributed by atoms with Crippen LogP contribution in [0.15, 0.2) is 39.9 Å². The summed E-state index contributed by atoms with van der Waals surface area (Å²) in [4.78, 5) is 49.5. The second-order valence-electron chi connectivity index (χ2n) is 8.03. The van der Waals surface area contributed by atoms with Gasteiger partial charge in [-0.2, -0.15) is 4.98 Å². The third-order valence-electron chi connectivity index (χ3n) is 5.68. The second kappa shape index (κ2) is 9.26. The number of carbonyl (C=O) groups is 3. The predicted octanol–water partition coefficient (Wildman–Crippen LogP) is 5.21. The molecule has 0 unspecified atom stereocenters. The van der Waals surface area contributed by atoms with Crippen LogP contribution < -0.4 is 5.32 Å². The molecule has 4 rings (SSSR count). The highest BCUT2D eigenvalue weighted by Gasteiger charge is 2.22. The normalized spacial score (nSPS) is 11.1. The molecule has 0 spiro atoms. The lowest BCUT2D eigenvalue weighted by atomic mass is 10.1. The largest absolute Gasteiger partial charge is 0.443 e. The number of Topliss-reactive ketones (excluding diaryl/α,β-unsaturated/α-hetero) is 2. The summed E-state index contributed by atoms with van der Waals surface area (Å²) < 4.78 is 5.78. The number of hydrogen-bond acceptors (Lipinski definition) is 7. The number of anilines is 1. The summed E-state index contributed by atoms with van der Waals surface area (Å²) in [6.07, 6.45) is 0. The minimum absolute atomic E-state index is 0.0500. The minimum Gasteiger partial charge on any atom is -0.443 e. The van der Waals surface area contributed by atoms with Crippen LogP contribution in [0.25, 0.3) is 11.1 Å². The lowest BCUT2D eigenvalue weighted by molar-refractivity contribution is 0.101. The number of amides is 1. The summed E-state index contributed by atoms with van der Waals surface area (Å²) in [5.41, 5.74) is 3.92. The Morgan fingerprint density at radius 1 is 1.03 bits per heavy atom. The Balaban J connectivity index is 1.62. The maximum absolute atomic E-state index is 12.9. The molecule has 0 saturated carbocycles. The van der Waals surface area contributed by atoms with Crippen molar-refractivity contribution in [2.24, 2.45) is 0 Å². The number of nitrogens with one attached hydrogen (secondary N) is 2. The minimum atomic E-state index is -0.305. The number of aromatic nitrogens is 3. The zero-order valence-electron chi connectivity index (χ0n) is 19.5. The maximum atomic E-state index is 12.9. The number of rotatable bonds is 7. The van der Waals surface area contributed by atoms with Gasteiger partial charge in [-0.3, -0.25) is 14.4 Å². The highest BCUT2D eigenvalue weighted by molar-refractivity contribution is 7.99. The molecule has 0 bridgehead atoms. The van der Waals surface area contributed by atoms with Crippen molar-refractivity contribution >= 4 is 46.2 Å². The first-order chi connectivity index (χ1) is 16.2. The quantitative estimate of drug-likeness (QED) is 0.213. The van der Waals surface area contributed by atoms with Crippen LogP contribution in [0.4, 0.5) is 5.82 Å². The number of fused-ring (bicyclic) bond motifs is 1. The Bertz CT molecular complexity index is 1440. The molecule has 0 aliphatic carbocycles. The molecule has 34 heavy (non-hydrogen) atoms. The van der Waals surface area contributed by atoms with Gasteiger partial charge in [-0.15, -0.1) is 0 Å². The van der Waals surface area contributed by atoms with E-state index in [1.165, 1.54) is 6.92 Å². The van der Waals surface area contributed by atoms with E-state index in [4.69, 9.17) is 4.42 Å². The summed E-state index contributed by atoms with van der Waals surface area (Å²) in [6, 6.07) is 8.83. The van der Waals surface area contributed by atoms with E-state index in [2.05, 4.69) is 20.3 Å². The third-order valence-corrected chi connectivity index (χ3v) is 6.52. The summed E-state index contributed by atoms with van der Waals surface area (Å²) in [6.45, 7) is 8.70. The molecule has 4 aromatic rings. The van der Waals surface area contributed by atoms with E-state index >= 15 is 0 Å². The Hall–Kier alpha value is -3.72. The highest BCUT2D eigenvalue weighted by Crippen LogP contribution is 2.32. The van der Waals surface area contributed by atoms with Crippen molar-refractivity contribution in [1.29, 1.82) is 0 Å². The van der Waals surface area contributed by atoms with E-state index in [-0.39, 0.29) is 23.2 Å². The fourth-order valence-electron chi connectivity index (χ4n) is 3.91. The van der Waals surface area contributed by atoms with Crippen molar-refractivity contribution < 1.29 is 18.8 Å². The zero-order chi connectivity index (χ0) is 24.6. The number of aryl methyl sites for hydroxylation is 3. The van der Waals surface area contributed by atoms with Gasteiger partial charge < -0.3 is 14.7 Å². The van der Waals surface area contributed by atoms with Gasteiger partial charge in [0.15, 0.2) is 16.7 Å². The molecule has 1 aromatic carbocycles. The Morgan fingerprint density at radius 2 is 1.74 bits per heavy atom. The van der Waals surface area contributed by atoms with Crippen molar-refractivity contribution in [1.82, 2.24) is 15.0 Å². The fraction of sp³-hybridized carbons (Fsp3) is 0.240. The molecule has 1 amide bonds. The van der Waals surface area contributed by atoms with Gasteiger partial charge in [0.1, 0.15) is 11.6 Å². The van der Waals surface area contributed by atoms with Gasteiger partial charge in [0.2, 0.25) is 5.71 Å². The Kier molecular flexibility index (Phi) is 6.39. The van der Waals surface area contributed by atoms with E-state index in [1.807, 2.05) is 19.9 Å². The molecule has 9 heteroatoms. The molecule has 0 radical (unpaired) electrons. The lowest BCUT2D eigenvalue weighted by Crippen LogP contribution is -2.14. The summed E-state index contributed by atoms with van der Waals surface area (Å²) in [7, 11) is 0. The fourth-order valence-corrected chi connectivity index (χ4v) is 4.62. The molecule has 0 fully saturated rings. The first-order valence-electron chi connectivity index (χ1n) is 10.7. The number of ketones is 2. The highest BCUT2D eigenvalue weighted by atomic mass is 32.2. The van der Waals surface area contributed by atoms with E-state index in [0.29, 0.717) is 55.9 Å². The number of aromatic amines is 1. The van der Waals surface area contributed by atoms with Crippen molar-refractivity contribution in [2.75, 3.05) is 11.1 Å². The number of thioether (sulfide) groups is 1. The first-order valence-corrected chi connectivity index (χ1v) is 11.7. The van der Waals surface area contributed by atoms with Gasteiger partial charge in [0, 0.05) is 22.4 Å². The van der Waals surface area contributed by atoms with Crippen LogP contribution in [-0.2, 0) is 0 Å². The van der Waals surface area contributed by atoms with Gasteiger partial charge in [-0.05, 0) is 52.3 Å². The van der Waals surface area contributed by atoms with Crippen molar-refractivity contribution in [2.45, 2.75) is 39.8 Å². The molecule has 0 saturated heterocycles. The summed E-state index contributed by atoms with van der Waals surface area (Å²) in [5, 5.41) is 3.78. The second-order valence-corrected chi connectivity index (χ2v) is 8.97. The van der Waals surface area contributed by atoms with Crippen LogP contribution in [0.3, 0.4) is 0 Å². The predicted molar refractivity (Wildman–Crippen MR) is 131 cm³/mol. The van der Waals surface area contributed by atoms with E-state index < -0.39 is 0 Å². The summed E-state index contributed by atoms with van der Waals surface area (Å²) in [5.74, 6) is 0.479. The van der Waals surface area contributed by atoms with Crippen molar-refractivity contribution in [3.8, 4) is 0 Å². The van der Waals surface area contributed by atoms with Crippen LogP contribution in [0.5, 0.6) is 0 Å². The topological polar surface area (TPSA) is 118 Å². The van der Waals surface area contributed by atoms with Gasteiger partial charge in [0.05, 0.1) is 16.8 Å². The van der Waals surface area contributed by atoms with Gasteiger partial charge in [-0.25, -0.2) is 4.98 Å². The summed E-state index contributed by atoms with van der Waals surface area (Å²) >= 11 is 1.13. The first kappa shape index (κ1) is 23.4. The third kappa shape index (κ3) is 4.38. The van der Waals surface area contributed by atoms with Crippen LogP contribution in [-0.4, -0.2) is 38.2 Å². The molecular weight excluding hydrogens is 452 g/mol. The number of nitrogens with zero attached hydrogens (tertiary/aromatic N) is 2. The Morgan fingerprint density at radius 3 is 2.38 bits per heavy atom. The lowest BCUT2D eigenvalue weighted by Gasteiger charge is -2.08. The van der Waals surface area contributed by atoms with Crippen LogP contribution >= 0.6 is 11.8 Å². The van der Waals surface area contributed by atoms with E-state index in [1.54, 1.807) is 38.1 Å². The number of benzene rings is 1. The van der Waals surface area contributed by atoms with E-state index in [9.17, 15) is 14.4 Å². The monoisotopic (exact) mass is 476 g/mol. The molecule has 174 valence electrons. The van der Waals surface area contributed by atoms with Gasteiger partial charge >= 0.3 is 0 Å². The number of furan rings is 1.